The van der Waals surface area contributed by atoms with Crippen LogP contribution in [0, 0.1) is 0 Å². The quantitative estimate of drug-likeness (QED) is 0.869. The van der Waals surface area contributed by atoms with Gasteiger partial charge in [0.15, 0.2) is 5.01 Å². The number of carbonyl (C=O) groups is 1. The number of carbonyl (C=O) groups excluding carboxylic acids is 1. The predicted molar refractivity (Wildman–Crippen MR) is 93.5 cm³/mol. The summed E-state index contributed by atoms with van der Waals surface area (Å²) in [6.45, 7) is 0. The number of amides is 1. The van der Waals surface area contributed by atoms with Crippen LogP contribution in [0.4, 0.5) is 0 Å². The second-order valence-electron chi connectivity index (χ2n) is 5.88. The van der Waals surface area contributed by atoms with Gasteiger partial charge in [0.25, 0.3) is 5.91 Å². The molecule has 0 saturated carbocycles. The van der Waals surface area contributed by atoms with Gasteiger partial charge in [-0.2, -0.15) is 0 Å². The smallest absolute Gasteiger partial charge is 0.280 e. The van der Waals surface area contributed by atoms with Crippen molar-refractivity contribution >= 4 is 40.6 Å². The Morgan fingerprint density at radius 2 is 2.26 bits per heavy atom. The van der Waals surface area contributed by atoms with Gasteiger partial charge in [-0.1, -0.05) is 35.5 Å². The van der Waals surface area contributed by atoms with Gasteiger partial charge >= 0.3 is 0 Å². The first-order valence-electron chi connectivity index (χ1n) is 7.64. The van der Waals surface area contributed by atoms with Gasteiger partial charge in [-0.25, -0.2) is 4.98 Å². The van der Waals surface area contributed by atoms with Crippen LogP contribution in [0.1, 0.15) is 29.1 Å². The van der Waals surface area contributed by atoms with Crippen molar-refractivity contribution in [3.05, 3.63) is 40.5 Å². The molecule has 0 radical (unpaired) electrons. The standard InChI is InChI=1S/C16H16ClN3OS2/c17-10-3-1-2-4-13(10)22-14-8-18-16(23-14)15(21)20-12-7-9-5-6-11(12)19-9/h1-4,8-9,11-12,19H,5-7H2,(H,20,21)/t9-,11+,12-/m1/s1. The van der Waals surface area contributed by atoms with E-state index in [0.717, 1.165) is 21.9 Å². The molecule has 2 aliphatic rings. The fraction of sp³-hybridized carbons (Fsp3) is 0.375. The first-order valence-corrected chi connectivity index (χ1v) is 9.65. The number of aromatic nitrogens is 1. The average molecular weight is 366 g/mol. The van der Waals surface area contributed by atoms with Crippen molar-refractivity contribution in [3.8, 4) is 0 Å². The molecule has 23 heavy (non-hydrogen) atoms. The first-order chi connectivity index (χ1) is 11.2. The highest BCUT2D eigenvalue weighted by Gasteiger charge is 2.39. The summed E-state index contributed by atoms with van der Waals surface area (Å²) in [5.41, 5.74) is 0. The van der Waals surface area contributed by atoms with Crippen molar-refractivity contribution in [3.63, 3.8) is 0 Å². The lowest BCUT2D eigenvalue weighted by atomic mass is 9.95. The van der Waals surface area contributed by atoms with Gasteiger partial charge in [-0.05, 0) is 31.4 Å². The maximum atomic E-state index is 12.4. The van der Waals surface area contributed by atoms with Crippen molar-refractivity contribution < 1.29 is 4.79 Å². The first kappa shape index (κ1) is 15.4. The minimum Gasteiger partial charge on any atom is -0.346 e. The van der Waals surface area contributed by atoms with E-state index in [9.17, 15) is 4.79 Å². The van der Waals surface area contributed by atoms with E-state index in [1.165, 1.54) is 29.5 Å². The van der Waals surface area contributed by atoms with Crippen LogP contribution in [-0.2, 0) is 0 Å². The third kappa shape index (κ3) is 3.26. The number of nitrogens with one attached hydrogen (secondary N) is 2. The van der Waals surface area contributed by atoms with E-state index in [1.54, 1.807) is 6.20 Å². The summed E-state index contributed by atoms with van der Waals surface area (Å²) in [4.78, 5) is 17.6. The lowest BCUT2D eigenvalue weighted by Crippen LogP contribution is -2.42. The molecule has 2 fully saturated rings. The van der Waals surface area contributed by atoms with Crippen LogP contribution in [0.2, 0.25) is 5.02 Å². The van der Waals surface area contributed by atoms with E-state index >= 15 is 0 Å². The Morgan fingerprint density at radius 1 is 1.39 bits per heavy atom. The molecule has 7 heteroatoms. The normalized spacial score (nSPS) is 25.7. The van der Waals surface area contributed by atoms with Crippen molar-refractivity contribution in [1.29, 1.82) is 0 Å². The highest BCUT2D eigenvalue weighted by atomic mass is 35.5. The zero-order chi connectivity index (χ0) is 15.8. The van der Waals surface area contributed by atoms with Crippen LogP contribution in [0.5, 0.6) is 0 Å². The van der Waals surface area contributed by atoms with Crippen molar-refractivity contribution in [2.45, 2.75) is 46.5 Å². The van der Waals surface area contributed by atoms with Gasteiger partial charge in [0.05, 0.1) is 15.4 Å². The molecule has 4 rings (SSSR count). The second-order valence-corrected chi connectivity index (χ2v) is 8.66. The fourth-order valence-corrected chi connectivity index (χ4v) is 5.37. The van der Waals surface area contributed by atoms with Gasteiger partial charge in [-0.15, -0.1) is 11.3 Å². The van der Waals surface area contributed by atoms with Crippen LogP contribution >= 0.6 is 34.7 Å². The number of hydrogen-bond acceptors (Lipinski definition) is 5. The number of halogens is 1. The Kier molecular flexibility index (Phi) is 4.32. The molecule has 2 aromatic rings. The molecule has 120 valence electrons. The van der Waals surface area contributed by atoms with E-state index in [1.807, 2.05) is 24.3 Å². The largest absolute Gasteiger partial charge is 0.346 e. The summed E-state index contributed by atoms with van der Waals surface area (Å²) >= 11 is 9.12. The molecule has 3 atom stereocenters. The number of benzene rings is 1. The molecule has 2 aliphatic heterocycles. The molecule has 2 bridgehead atoms. The van der Waals surface area contributed by atoms with Gasteiger partial charge < -0.3 is 10.6 Å². The lowest BCUT2D eigenvalue weighted by molar-refractivity contribution is 0.0930. The second kappa shape index (κ2) is 6.43. The number of thiazole rings is 1. The Balaban J connectivity index is 1.41. The van der Waals surface area contributed by atoms with E-state index in [4.69, 9.17) is 11.6 Å². The number of rotatable bonds is 4. The Labute approximate surface area is 148 Å². The van der Waals surface area contributed by atoms with Crippen LogP contribution < -0.4 is 10.6 Å². The summed E-state index contributed by atoms with van der Waals surface area (Å²) < 4.78 is 0.967. The van der Waals surface area contributed by atoms with Gasteiger partial charge in [0, 0.05) is 23.0 Å². The summed E-state index contributed by atoms with van der Waals surface area (Å²) in [5.74, 6) is -0.0691. The van der Waals surface area contributed by atoms with Crippen LogP contribution in [0.3, 0.4) is 0 Å². The van der Waals surface area contributed by atoms with Crippen LogP contribution in [0.25, 0.3) is 0 Å². The van der Waals surface area contributed by atoms with Gasteiger partial charge in [0.2, 0.25) is 0 Å². The predicted octanol–water partition coefficient (Wildman–Crippen LogP) is 3.57. The fourth-order valence-electron chi connectivity index (χ4n) is 3.26. The zero-order valence-corrected chi connectivity index (χ0v) is 14.7. The molecule has 1 aromatic carbocycles. The summed E-state index contributed by atoms with van der Waals surface area (Å²) in [7, 11) is 0. The zero-order valence-electron chi connectivity index (χ0n) is 12.3. The van der Waals surface area contributed by atoms with Crippen molar-refractivity contribution in [1.82, 2.24) is 15.6 Å². The summed E-state index contributed by atoms with van der Waals surface area (Å²) in [6.07, 6.45) is 5.16. The molecule has 0 unspecified atom stereocenters. The van der Waals surface area contributed by atoms with E-state index in [2.05, 4.69) is 15.6 Å². The van der Waals surface area contributed by atoms with E-state index < -0.39 is 0 Å². The molecular weight excluding hydrogens is 350 g/mol. The van der Waals surface area contributed by atoms with Crippen molar-refractivity contribution in [2.24, 2.45) is 0 Å². The third-order valence-corrected chi connectivity index (χ3v) is 6.96. The van der Waals surface area contributed by atoms with Crippen LogP contribution in [0.15, 0.2) is 39.6 Å². The molecule has 0 aliphatic carbocycles. The highest BCUT2D eigenvalue weighted by Crippen LogP contribution is 2.36. The highest BCUT2D eigenvalue weighted by molar-refractivity contribution is 8.01. The number of fused-ring (bicyclic) bond motifs is 2. The summed E-state index contributed by atoms with van der Waals surface area (Å²) in [5, 5.41) is 7.88. The molecule has 1 amide bonds. The average Bonchev–Trinajstić information content (AvgIpc) is 3.26. The number of nitrogens with zero attached hydrogens (tertiary/aromatic N) is 1. The maximum absolute atomic E-state index is 12.4. The molecule has 3 heterocycles. The SMILES string of the molecule is O=C(N[C@@H]1C[C@H]2CC[C@@H]1N2)c1ncc(Sc2ccccc2Cl)s1. The Hall–Kier alpha value is -1.08. The molecule has 2 N–H and O–H groups in total. The molecule has 1 aromatic heterocycles. The minimum absolute atomic E-state index is 0.0691. The van der Waals surface area contributed by atoms with Gasteiger partial charge in [-0.3, -0.25) is 4.79 Å². The molecule has 0 spiro atoms. The monoisotopic (exact) mass is 365 g/mol. The molecule has 4 nitrogen and oxygen atoms in total. The van der Waals surface area contributed by atoms with E-state index in [-0.39, 0.29) is 11.9 Å². The topological polar surface area (TPSA) is 54.0 Å². The third-order valence-electron chi connectivity index (χ3n) is 4.34. The van der Waals surface area contributed by atoms with Crippen molar-refractivity contribution in [2.75, 3.05) is 0 Å². The maximum Gasteiger partial charge on any atom is 0.280 e. The number of hydrogen-bond donors (Lipinski definition) is 2. The summed E-state index contributed by atoms with van der Waals surface area (Å²) in [6, 6.07) is 8.93. The lowest BCUT2D eigenvalue weighted by Gasteiger charge is -2.20. The Bertz CT molecular complexity index is 736. The van der Waals surface area contributed by atoms with Crippen LogP contribution in [-0.4, -0.2) is 29.0 Å². The van der Waals surface area contributed by atoms with Gasteiger partial charge in [0.1, 0.15) is 0 Å². The molecule has 2 saturated heterocycles. The minimum atomic E-state index is -0.0691. The Morgan fingerprint density at radius 3 is 3.00 bits per heavy atom. The molecular formula is C16H16ClN3OS2. The van der Waals surface area contributed by atoms with E-state index in [0.29, 0.717) is 22.1 Å².